The molecule has 0 heterocycles. The van der Waals surface area contributed by atoms with Gasteiger partial charge >= 0.3 is 0 Å². The molecule has 0 amide bonds. The summed E-state index contributed by atoms with van der Waals surface area (Å²) < 4.78 is 0. The van der Waals surface area contributed by atoms with Crippen molar-refractivity contribution in [3.8, 4) is 0 Å². The van der Waals surface area contributed by atoms with Gasteiger partial charge in [0.1, 0.15) is 0 Å². The third kappa shape index (κ3) is 2.66. The van der Waals surface area contributed by atoms with Crippen molar-refractivity contribution >= 4 is 0 Å². The third-order valence-corrected chi connectivity index (χ3v) is 2.60. The maximum Gasteiger partial charge on any atom is 0.0602 e. The van der Waals surface area contributed by atoms with Gasteiger partial charge in [-0.3, -0.25) is 0 Å². The molecule has 1 aliphatic rings. The largest absolute Gasteiger partial charge is 0.393 e. The fourth-order valence-electron chi connectivity index (χ4n) is 1.88. The second-order valence-corrected chi connectivity index (χ2v) is 3.49. The van der Waals surface area contributed by atoms with E-state index in [2.05, 4.69) is 6.58 Å². The Hall–Kier alpha value is -0.300. The minimum Gasteiger partial charge on any atom is -0.393 e. The van der Waals surface area contributed by atoms with Gasteiger partial charge in [-0.15, -0.1) is 6.58 Å². The van der Waals surface area contributed by atoms with Gasteiger partial charge < -0.3 is 5.11 Å². The van der Waals surface area contributed by atoms with Crippen molar-refractivity contribution < 1.29 is 5.11 Å². The van der Waals surface area contributed by atoms with E-state index >= 15 is 0 Å². The van der Waals surface area contributed by atoms with Crippen LogP contribution in [-0.2, 0) is 0 Å². The molecule has 1 saturated carbocycles. The molecule has 11 heavy (non-hydrogen) atoms. The van der Waals surface area contributed by atoms with Gasteiger partial charge in [0, 0.05) is 0 Å². The predicted octanol–water partition coefficient (Wildman–Crippen LogP) is 2.50. The van der Waals surface area contributed by atoms with Crippen molar-refractivity contribution in [2.24, 2.45) is 5.92 Å². The second kappa shape index (κ2) is 4.55. The van der Waals surface area contributed by atoms with Gasteiger partial charge in [0.2, 0.25) is 0 Å². The minimum absolute atomic E-state index is 0.118. The van der Waals surface area contributed by atoms with Crippen LogP contribution in [0, 0.1) is 5.92 Å². The summed E-state index contributed by atoms with van der Waals surface area (Å²) in [5.41, 5.74) is 0. The molecule has 1 atom stereocenters. The molecule has 64 valence electrons. The Balaban J connectivity index is 2.26. The first-order valence-corrected chi connectivity index (χ1v) is 4.63. The monoisotopic (exact) mass is 154 g/mol. The molecule has 0 saturated heterocycles. The summed E-state index contributed by atoms with van der Waals surface area (Å²) in [5, 5.41) is 9.60. The Morgan fingerprint density at radius 1 is 1.36 bits per heavy atom. The maximum absolute atomic E-state index is 9.60. The summed E-state index contributed by atoms with van der Waals surface area (Å²) in [7, 11) is 0. The van der Waals surface area contributed by atoms with Crippen LogP contribution in [0.5, 0.6) is 0 Å². The summed E-state index contributed by atoms with van der Waals surface area (Å²) in [5.74, 6) is 0.557. The Morgan fingerprint density at radius 3 is 2.55 bits per heavy atom. The smallest absolute Gasteiger partial charge is 0.0602 e. The zero-order chi connectivity index (χ0) is 8.10. The Bertz CT molecular complexity index is 114. The van der Waals surface area contributed by atoms with Crippen molar-refractivity contribution in [2.75, 3.05) is 0 Å². The van der Waals surface area contributed by atoms with Crippen molar-refractivity contribution in [1.82, 2.24) is 0 Å². The summed E-state index contributed by atoms with van der Waals surface area (Å²) >= 11 is 0. The molecule has 0 bridgehead atoms. The van der Waals surface area contributed by atoms with Gasteiger partial charge in [-0.1, -0.05) is 25.3 Å². The van der Waals surface area contributed by atoms with Crippen LogP contribution in [0.15, 0.2) is 12.7 Å². The van der Waals surface area contributed by atoms with Crippen LogP contribution in [0.25, 0.3) is 0 Å². The molecular weight excluding hydrogens is 136 g/mol. The molecule has 1 N–H and O–H groups in total. The quantitative estimate of drug-likeness (QED) is 0.619. The molecule has 0 aromatic heterocycles. The topological polar surface area (TPSA) is 20.2 Å². The number of hydrogen-bond donors (Lipinski definition) is 1. The van der Waals surface area contributed by atoms with Gasteiger partial charge in [0.15, 0.2) is 0 Å². The molecule has 0 aromatic rings. The second-order valence-electron chi connectivity index (χ2n) is 3.49. The van der Waals surface area contributed by atoms with Gasteiger partial charge in [-0.25, -0.2) is 0 Å². The lowest BCUT2D eigenvalue weighted by Gasteiger charge is -2.25. The third-order valence-electron chi connectivity index (χ3n) is 2.60. The molecule has 0 aliphatic heterocycles. The van der Waals surface area contributed by atoms with Crippen LogP contribution >= 0.6 is 0 Å². The molecule has 0 radical (unpaired) electrons. The highest BCUT2D eigenvalue weighted by Crippen LogP contribution is 2.27. The first kappa shape index (κ1) is 8.79. The van der Waals surface area contributed by atoms with Gasteiger partial charge in [-0.2, -0.15) is 0 Å². The van der Waals surface area contributed by atoms with Crippen molar-refractivity contribution in [3.05, 3.63) is 12.7 Å². The predicted molar refractivity (Wildman–Crippen MR) is 47.4 cm³/mol. The molecule has 0 aromatic carbocycles. The fraction of sp³-hybridized carbons (Fsp3) is 0.800. The molecule has 1 nitrogen and oxygen atoms in total. The van der Waals surface area contributed by atoms with Crippen LogP contribution in [0.4, 0.5) is 0 Å². The maximum atomic E-state index is 9.60. The van der Waals surface area contributed by atoms with Crippen LogP contribution < -0.4 is 0 Å². The van der Waals surface area contributed by atoms with Crippen LogP contribution in [0.2, 0.25) is 0 Å². The van der Waals surface area contributed by atoms with Crippen LogP contribution in [-0.4, -0.2) is 11.2 Å². The minimum atomic E-state index is -0.118. The molecule has 1 aliphatic carbocycles. The van der Waals surface area contributed by atoms with E-state index in [1.807, 2.05) is 6.08 Å². The molecule has 1 rings (SSSR count). The summed E-state index contributed by atoms with van der Waals surface area (Å²) in [6, 6.07) is 0. The Kier molecular flexibility index (Phi) is 3.64. The van der Waals surface area contributed by atoms with E-state index in [4.69, 9.17) is 0 Å². The lowest BCUT2D eigenvalue weighted by Crippen LogP contribution is -2.21. The highest BCUT2D eigenvalue weighted by atomic mass is 16.3. The lowest BCUT2D eigenvalue weighted by atomic mass is 9.84. The van der Waals surface area contributed by atoms with E-state index in [0.717, 1.165) is 6.42 Å². The SMILES string of the molecule is C=CC[C@@H](O)C1CCCCC1. The van der Waals surface area contributed by atoms with Crippen LogP contribution in [0.1, 0.15) is 38.5 Å². The Morgan fingerprint density at radius 2 is 2.00 bits per heavy atom. The molecule has 0 unspecified atom stereocenters. The summed E-state index contributed by atoms with van der Waals surface area (Å²) in [4.78, 5) is 0. The fourth-order valence-corrected chi connectivity index (χ4v) is 1.88. The number of rotatable bonds is 3. The lowest BCUT2D eigenvalue weighted by molar-refractivity contribution is 0.0874. The standard InChI is InChI=1S/C10H18O/c1-2-6-10(11)9-7-4-3-5-8-9/h2,9-11H,1,3-8H2/t10-/m1/s1. The number of hydrogen-bond acceptors (Lipinski definition) is 1. The molecule has 1 fully saturated rings. The first-order chi connectivity index (χ1) is 5.34. The van der Waals surface area contributed by atoms with E-state index in [9.17, 15) is 5.11 Å². The number of aliphatic hydroxyl groups is 1. The summed E-state index contributed by atoms with van der Waals surface area (Å²) in [6.45, 7) is 3.64. The van der Waals surface area contributed by atoms with Gasteiger partial charge in [0.05, 0.1) is 6.10 Å². The van der Waals surface area contributed by atoms with E-state index in [1.165, 1.54) is 32.1 Å². The molecule has 0 spiro atoms. The molecule has 1 heteroatoms. The average Bonchev–Trinajstić information content (AvgIpc) is 2.07. The highest BCUT2D eigenvalue weighted by Gasteiger charge is 2.19. The van der Waals surface area contributed by atoms with E-state index in [1.54, 1.807) is 0 Å². The highest BCUT2D eigenvalue weighted by molar-refractivity contribution is 4.79. The average molecular weight is 154 g/mol. The zero-order valence-electron chi connectivity index (χ0n) is 7.13. The van der Waals surface area contributed by atoms with E-state index in [-0.39, 0.29) is 6.10 Å². The number of aliphatic hydroxyl groups excluding tert-OH is 1. The first-order valence-electron chi connectivity index (χ1n) is 4.63. The van der Waals surface area contributed by atoms with Crippen molar-refractivity contribution in [2.45, 2.75) is 44.6 Å². The molecular formula is C10H18O. The van der Waals surface area contributed by atoms with Crippen molar-refractivity contribution in [1.29, 1.82) is 0 Å². The zero-order valence-corrected chi connectivity index (χ0v) is 7.13. The van der Waals surface area contributed by atoms with Gasteiger partial charge in [0.25, 0.3) is 0 Å². The van der Waals surface area contributed by atoms with E-state index in [0.29, 0.717) is 5.92 Å². The van der Waals surface area contributed by atoms with Crippen molar-refractivity contribution in [3.63, 3.8) is 0 Å². The summed E-state index contributed by atoms with van der Waals surface area (Å²) in [6.07, 6.45) is 8.87. The normalized spacial score (nSPS) is 23.0. The van der Waals surface area contributed by atoms with Gasteiger partial charge in [-0.05, 0) is 25.2 Å². The van der Waals surface area contributed by atoms with E-state index < -0.39 is 0 Å². The Labute approximate surface area is 69.1 Å². The van der Waals surface area contributed by atoms with Crippen LogP contribution in [0.3, 0.4) is 0 Å².